The average molecular weight is 368 g/mol. The first kappa shape index (κ1) is 19.2. The number of ether oxygens (including phenoxy) is 2. The molecule has 3 rings (SSSR count). The molecule has 1 heterocycles. The molecule has 0 bridgehead atoms. The number of benzene rings is 2. The van der Waals surface area contributed by atoms with Crippen molar-refractivity contribution in [3.05, 3.63) is 59.7 Å². The third-order valence-electron chi connectivity index (χ3n) is 5.08. The summed E-state index contributed by atoms with van der Waals surface area (Å²) in [5, 5.41) is 0. The standard InChI is InChI=1S/C22H28N2O3/c1-26-20-10-8-18(9-11-20)5-4-12-23-13-15-24(16-14-23)22(25)19-6-3-7-21(17-19)27-2/h3,6-11,17H,4-5,12-16H2,1-2H3. The van der Waals surface area contributed by atoms with Crippen LogP contribution in [-0.4, -0.2) is 62.7 Å². The van der Waals surface area contributed by atoms with Crippen molar-refractivity contribution >= 4 is 5.91 Å². The number of hydrogen-bond acceptors (Lipinski definition) is 4. The molecule has 5 heteroatoms. The first-order chi connectivity index (χ1) is 13.2. The van der Waals surface area contributed by atoms with Crippen LogP contribution in [-0.2, 0) is 6.42 Å². The van der Waals surface area contributed by atoms with Crippen molar-refractivity contribution in [2.45, 2.75) is 12.8 Å². The lowest BCUT2D eigenvalue weighted by Gasteiger charge is -2.34. The Labute approximate surface area is 161 Å². The van der Waals surface area contributed by atoms with Crippen molar-refractivity contribution in [1.29, 1.82) is 0 Å². The number of methoxy groups -OCH3 is 2. The van der Waals surface area contributed by atoms with Gasteiger partial charge in [-0.05, 0) is 55.3 Å². The molecule has 0 unspecified atom stereocenters. The molecule has 0 N–H and O–H groups in total. The monoisotopic (exact) mass is 368 g/mol. The summed E-state index contributed by atoms with van der Waals surface area (Å²) in [6, 6.07) is 15.7. The highest BCUT2D eigenvalue weighted by molar-refractivity contribution is 5.94. The van der Waals surface area contributed by atoms with Crippen LogP contribution in [0, 0.1) is 0 Å². The zero-order valence-electron chi connectivity index (χ0n) is 16.2. The predicted molar refractivity (Wildman–Crippen MR) is 107 cm³/mol. The molecular weight excluding hydrogens is 340 g/mol. The first-order valence-corrected chi connectivity index (χ1v) is 9.48. The van der Waals surface area contributed by atoms with Crippen molar-refractivity contribution < 1.29 is 14.3 Å². The van der Waals surface area contributed by atoms with E-state index in [0.29, 0.717) is 5.56 Å². The molecule has 0 radical (unpaired) electrons. The highest BCUT2D eigenvalue weighted by Gasteiger charge is 2.22. The fourth-order valence-electron chi connectivity index (χ4n) is 3.41. The van der Waals surface area contributed by atoms with Crippen molar-refractivity contribution in [2.75, 3.05) is 46.9 Å². The largest absolute Gasteiger partial charge is 0.497 e. The van der Waals surface area contributed by atoms with Crippen LogP contribution in [0.25, 0.3) is 0 Å². The molecule has 1 aliphatic heterocycles. The highest BCUT2D eigenvalue weighted by atomic mass is 16.5. The number of piperazine rings is 1. The second-order valence-electron chi connectivity index (χ2n) is 6.82. The lowest BCUT2D eigenvalue weighted by atomic mass is 10.1. The molecule has 1 aliphatic rings. The van der Waals surface area contributed by atoms with Crippen molar-refractivity contribution in [2.24, 2.45) is 0 Å². The van der Waals surface area contributed by atoms with E-state index >= 15 is 0 Å². The Kier molecular flexibility index (Phi) is 6.71. The van der Waals surface area contributed by atoms with E-state index in [1.54, 1.807) is 14.2 Å². The van der Waals surface area contributed by atoms with Crippen LogP contribution < -0.4 is 9.47 Å². The van der Waals surface area contributed by atoms with E-state index in [9.17, 15) is 4.79 Å². The Bertz CT molecular complexity index is 737. The van der Waals surface area contributed by atoms with E-state index in [4.69, 9.17) is 9.47 Å². The van der Waals surface area contributed by atoms with Crippen LogP contribution >= 0.6 is 0 Å². The van der Waals surface area contributed by atoms with Gasteiger partial charge in [-0.2, -0.15) is 0 Å². The minimum absolute atomic E-state index is 0.0896. The predicted octanol–water partition coefficient (Wildman–Crippen LogP) is 3.09. The second kappa shape index (κ2) is 9.42. The van der Waals surface area contributed by atoms with Crippen molar-refractivity contribution in [3.8, 4) is 11.5 Å². The summed E-state index contributed by atoms with van der Waals surface area (Å²) in [6.45, 7) is 4.47. The van der Waals surface area contributed by atoms with Crippen LogP contribution in [0.1, 0.15) is 22.3 Å². The molecule has 5 nitrogen and oxygen atoms in total. The van der Waals surface area contributed by atoms with Gasteiger partial charge in [0.2, 0.25) is 0 Å². The number of carbonyl (C=O) groups excluding carboxylic acids is 1. The van der Waals surface area contributed by atoms with Gasteiger partial charge in [0.1, 0.15) is 11.5 Å². The second-order valence-corrected chi connectivity index (χ2v) is 6.82. The smallest absolute Gasteiger partial charge is 0.254 e. The van der Waals surface area contributed by atoms with Crippen molar-refractivity contribution in [3.63, 3.8) is 0 Å². The summed E-state index contributed by atoms with van der Waals surface area (Å²) in [7, 11) is 3.31. The molecule has 1 saturated heterocycles. The van der Waals surface area contributed by atoms with E-state index in [-0.39, 0.29) is 5.91 Å². The molecule has 1 fully saturated rings. The van der Waals surface area contributed by atoms with Gasteiger partial charge in [0.15, 0.2) is 0 Å². The summed E-state index contributed by atoms with van der Waals surface area (Å²) in [5.41, 5.74) is 2.03. The summed E-state index contributed by atoms with van der Waals surface area (Å²) >= 11 is 0. The minimum atomic E-state index is 0.0896. The number of nitrogens with zero attached hydrogens (tertiary/aromatic N) is 2. The Morgan fingerprint density at radius 3 is 2.30 bits per heavy atom. The van der Waals surface area contributed by atoms with Crippen LogP contribution in [0.5, 0.6) is 11.5 Å². The zero-order valence-corrected chi connectivity index (χ0v) is 16.2. The third-order valence-corrected chi connectivity index (χ3v) is 5.08. The SMILES string of the molecule is COc1ccc(CCCN2CCN(C(=O)c3cccc(OC)c3)CC2)cc1. The van der Waals surface area contributed by atoms with E-state index in [1.165, 1.54) is 5.56 Å². The van der Waals surface area contributed by atoms with Crippen LogP contribution in [0.15, 0.2) is 48.5 Å². The summed E-state index contributed by atoms with van der Waals surface area (Å²) in [4.78, 5) is 17.1. The Morgan fingerprint density at radius 1 is 0.926 bits per heavy atom. The maximum atomic E-state index is 12.7. The molecule has 1 amide bonds. The van der Waals surface area contributed by atoms with Gasteiger partial charge < -0.3 is 14.4 Å². The lowest BCUT2D eigenvalue weighted by molar-refractivity contribution is 0.0636. The Morgan fingerprint density at radius 2 is 1.63 bits per heavy atom. The van der Waals surface area contributed by atoms with E-state index in [0.717, 1.165) is 57.1 Å². The van der Waals surface area contributed by atoms with Gasteiger partial charge in [-0.25, -0.2) is 0 Å². The quantitative estimate of drug-likeness (QED) is 0.753. The van der Waals surface area contributed by atoms with Gasteiger partial charge in [-0.15, -0.1) is 0 Å². The number of carbonyl (C=O) groups is 1. The molecule has 2 aromatic carbocycles. The molecule has 0 atom stereocenters. The molecule has 2 aromatic rings. The van der Waals surface area contributed by atoms with E-state index in [2.05, 4.69) is 17.0 Å². The third kappa shape index (κ3) is 5.23. The van der Waals surface area contributed by atoms with Gasteiger partial charge in [-0.1, -0.05) is 18.2 Å². The molecular formula is C22H28N2O3. The van der Waals surface area contributed by atoms with Crippen LogP contribution in [0.4, 0.5) is 0 Å². The minimum Gasteiger partial charge on any atom is -0.497 e. The van der Waals surface area contributed by atoms with E-state index < -0.39 is 0 Å². The summed E-state index contributed by atoms with van der Waals surface area (Å²) in [5.74, 6) is 1.71. The van der Waals surface area contributed by atoms with Gasteiger partial charge >= 0.3 is 0 Å². The molecule has 144 valence electrons. The zero-order chi connectivity index (χ0) is 19.1. The Hall–Kier alpha value is -2.53. The first-order valence-electron chi connectivity index (χ1n) is 9.48. The molecule has 0 spiro atoms. The van der Waals surface area contributed by atoms with Crippen LogP contribution in [0.2, 0.25) is 0 Å². The lowest BCUT2D eigenvalue weighted by Crippen LogP contribution is -2.48. The molecule has 0 aliphatic carbocycles. The van der Waals surface area contributed by atoms with Gasteiger partial charge in [0, 0.05) is 31.7 Å². The van der Waals surface area contributed by atoms with Crippen molar-refractivity contribution in [1.82, 2.24) is 9.80 Å². The molecule has 27 heavy (non-hydrogen) atoms. The summed E-state index contributed by atoms with van der Waals surface area (Å²) in [6.07, 6.45) is 2.18. The number of hydrogen-bond donors (Lipinski definition) is 0. The Balaban J connectivity index is 1.42. The topological polar surface area (TPSA) is 42.0 Å². The average Bonchev–Trinajstić information content (AvgIpc) is 2.74. The van der Waals surface area contributed by atoms with Gasteiger partial charge in [0.25, 0.3) is 5.91 Å². The molecule has 0 aromatic heterocycles. The highest BCUT2D eigenvalue weighted by Crippen LogP contribution is 2.16. The fourth-order valence-corrected chi connectivity index (χ4v) is 3.41. The normalized spacial score (nSPS) is 14.8. The van der Waals surface area contributed by atoms with Crippen LogP contribution in [0.3, 0.4) is 0 Å². The number of amides is 1. The fraction of sp³-hybridized carbons (Fsp3) is 0.409. The van der Waals surface area contributed by atoms with Gasteiger partial charge in [0.05, 0.1) is 14.2 Å². The maximum absolute atomic E-state index is 12.7. The number of aryl methyl sites for hydroxylation is 1. The molecule has 0 saturated carbocycles. The van der Waals surface area contributed by atoms with Gasteiger partial charge in [-0.3, -0.25) is 9.69 Å². The summed E-state index contributed by atoms with van der Waals surface area (Å²) < 4.78 is 10.4. The van der Waals surface area contributed by atoms with E-state index in [1.807, 2.05) is 41.3 Å². The maximum Gasteiger partial charge on any atom is 0.254 e. The number of rotatable bonds is 7.